The highest BCUT2D eigenvalue weighted by atomic mass is 16.5. The van der Waals surface area contributed by atoms with Gasteiger partial charge in [-0.05, 0) is 26.0 Å². The molecule has 2 rings (SSSR count). The van der Waals surface area contributed by atoms with Crippen LogP contribution in [0, 0.1) is 13.8 Å². The van der Waals surface area contributed by atoms with Crippen LogP contribution in [-0.4, -0.2) is 18.2 Å². The zero-order valence-corrected chi connectivity index (χ0v) is 10.5. The molecule has 1 amide bonds. The molecule has 94 valence electrons. The highest BCUT2D eigenvalue weighted by Gasteiger charge is 2.17. The summed E-state index contributed by atoms with van der Waals surface area (Å²) in [5.41, 5.74) is 1.63. The maximum Gasteiger partial charge on any atom is 0.278 e. The predicted octanol–water partition coefficient (Wildman–Crippen LogP) is 2.55. The van der Waals surface area contributed by atoms with Gasteiger partial charge >= 0.3 is 0 Å². The SMILES string of the molecule is COc1ccccc1NC(=O)c1noc(C)c1C. The largest absolute Gasteiger partial charge is 0.495 e. The molecular weight excluding hydrogens is 232 g/mol. The molecule has 0 saturated carbocycles. The lowest BCUT2D eigenvalue weighted by Gasteiger charge is -2.08. The molecule has 0 aliphatic rings. The predicted molar refractivity (Wildman–Crippen MR) is 66.9 cm³/mol. The Labute approximate surface area is 105 Å². The van der Waals surface area contributed by atoms with Crippen molar-refractivity contribution in [3.05, 3.63) is 41.3 Å². The van der Waals surface area contributed by atoms with E-state index in [0.29, 0.717) is 22.9 Å². The number of aryl methyl sites for hydroxylation is 1. The van der Waals surface area contributed by atoms with Crippen molar-refractivity contribution in [1.29, 1.82) is 0 Å². The molecule has 1 N–H and O–H groups in total. The minimum atomic E-state index is -0.311. The van der Waals surface area contributed by atoms with E-state index in [1.807, 2.05) is 12.1 Å². The van der Waals surface area contributed by atoms with Crippen LogP contribution in [0.3, 0.4) is 0 Å². The Morgan fingerprint density at radius 3 is 2.67 bits per heavy atom. The number of amides is 1. The molecule has 0 radical (unpaired) electrons. The Morgan fingerprint density at radius 1 is 1.33 bits per heavy atom. The van der Waals surface area contributed by atoms with Gasteiger partial charge in [0.2, 0.25) is 0 Å². The molecule has 18 heavy (non-hydrogen) atoms. The number of carbonyl (C=O) groups excluding carboxylic acids is 1. The first-order valence-corrected chi connectivity index (χ1v) is 5.50. The zero-order valence-electron chi connectivity index (χ0n) is 10.5. The number of nitrogens with one attached hydrogen (secondary N) is 1. The van der Waals surface area contributed by atoms with Crippen molar-refractivity contribution in [3.63, 3.8) is 0 Å². The molecule has 0 bridgehead atoms. The average molecular weight is 246 g/mol. The number of benzene rings is 1. The molecule has 0 aliphatic carbocycles. The molecule has 0 unspecified atom stereocenters. The minimum absolute atomic E-state index is 0.290. The van der Waals surface area contributed by atoms with Crippen LogP contribution in [0.1, 0.15) is 21.8 Å². The average Bonchev–Trinajstić information content (AvgIpc) is 2.71. The summed E-state index contributed by atoms with van der Waals surface area (Å²) in [5.74, 6) is 0.928. The van der Waals surface area contributed by atoms with Gasteiger partial charge in [0, 0.05) is 5.56 Å². The highest BCUT2D eigenvalue weighted by Crippen LogP contribution is 2.24. The van der Waals surface area contributed by atoms with Gasteiger partial charge in [0.1, 0.15) is 11.5 Å². The first kappa shape index (κ1) is 12.2. The van der Waals surface area contributed by atoms with Crippen LogP contribution >= 0.6 is 0 Å². The Balaban J connectivity index is 2.24. The van der Waals surface area contributed by atoms with Crippen LogP contribution in [0.2, 0.25) is 0 Å². The Hall–Kier alpha value is -2.30. The summed E-state index contributed by atoms with van der Waals surface area (Å²) < 4.78 is 10.1. The molecule has 1 aromatic carbocycles. The number of ether oxygens (including phenoxy) is 1. The van der Waals surface area contributed by atoms with Crippen LogP contribution < -0.4 is 10.1 Å². The third kappa shape index (κ3) is 2.20. The normalized spacial score (nSPS) is 10.2. The fourth-order valence-electron chi connectivity index (χ4n) is 1.56. The van der Waals surface area contributed by atoms with Crippen LogP contribution in [0.5, 0.6) is 5.75 Å². The Bertz CT molecular complexity index is 575. The van der Waals surface area contributed by atoms with Gasteiger partial charge in [-0.25, -0.2) is 0 Å². The third-order valence-corrected chi connectivity index (χ3v) is 2.73. The lowest BCUT2D eigenvalue weighted by Crippen LogP contribution is -2.14. The van der Waals surface area contributed by atoms with Gasteiger partial charge in [0.25, 0.3) is 5.91 Å². The van der Waals surface area contributed by atoms with Crippen molar-refractivity contribution in [3.8, 4) is 5.75 Å². The summed E-state index contributed by atoms with van der Waals surface area (Å²) in [6, 6.07) is 7.19. The second-order valence-corrected chi connectivity index (χ2v) is 3.87. The van der Waals surface area contributed by atoms with E-state index in [1.54, 1.807) is 33.1 Å². The van der Waals surface area contributed by atoms with E-state index in [0.717, 1.165) is 5.56 Å². The molecule has 5 heteroatoms. The fourth-order valence-corrected chi connectivity index (χ4v) is 1.56. The molecule has 1 heterocycles. The number of rotatable bonds is 3. The van der Waals surface area contributed by atoms with Crippen molar-refractivity contribution in [2.45, 2.75) is 13.8 Å². The summed E-state index contributed by atoms with van der Waals surface area (Å²) >= 11 is 0. The van der Waals surface area contributed by atoms with E-state index in [2.05, 4.69) is 10.5 Å². The van der Waals surface area contributed by atoms with Gasteiger partial charge in [-0.15, -0.1) is 0 Å². The lowest BCUT2D eigenvalue weighted by molar-refractivity contribution is 0.101. The number of nitrogens with zero attached hydrogens (tertiary/aromatic N) is 1. The zero-order chi connectivity index (χ0) is 13.1. The Kier molecular flexibility index (Phi) is 3.32. The summed E-state index contributed by atoms with van der Waals surface area (Å²) in [5, 5.41) is 6.48. The summed E-state index contributed by atoms with van der Waals surface area (Å²) in [6.07, 6.45) is 0. The second kappa shape index (κ2) is 4.91. The molecule has 0 spiro atoms. The van der Waals surface area contributed by atoms with Crippen molar-refractivity contribution in [2.75, 3.05) is 12.4 Å². The standard InChI is InChI=1S/C13H14N2O3/c1-8-9(2)18-15-12(8)13(16)14-10-6-4-5-7-11(10)17-3/h4-7H,1-3H3,(H,14,16). The molecule has 0 atom stereocenters. The van der Waals surface area contributed by atoms with Crippen molar-refractivity contribution >= 4 is 11.6 Å². The number of para-hydroxylation sites is 2. The Morgan fingerprint density at radius 2 is 2.06 bits per heavy atom. The van der Waals surface area contributed by atoms with E-state index in [9.17, 15) is 4.79 Å². The van der Waals surface area contributed by atoms with Gasteiger partial charge in [-0.3, -0.25) is 4.79 Å². The van der Waals surface area contributed by atoms with E-state index in [-0.39, 0.29) is 5.91 Å². The third-order valence-electron chi connectivity index (χ3n) is 2.73. The second-order valence-electron chi connectivity index (χ2n) is 3.87. The first-order chi connectivity index (χ1) is 8.63. The van der Waals surface area contributed by atoms with Gasteiger partial charge in [-0.1, -0.05) is 17.3 Å². The molecule has 5 nitrogen and oxygen atoms in total. The fraction of sp³-hybridized carbons (Fsp3) is 0.231. The molecular formula is C13H14N2O3. The van der Waals surface area contributed by atoms with E-state index in [1.165, 1.54) is 0 Å². The first-order valence-electron chi connectivity index (χ1n) is 5.50. The van der Waals surface area contributed by atoms with Gasteiger partial charge in [-0.2, -0.15) is 0 Å². The molecule has 0 aliphatic heterocycles. The van der Waals surface area contributed by atoms with Gasteiger partial charge in [0.15, 0.2) is 5.69 Å². The number of methoxy groups -OCH3 is 1. The van der Waals surface area contributed by atoms with Gasteiger partial charge < -0.3 is 14.6 Å². The minimum Gasteiger partial charge on any atom is -0.495 e. The quantitative estimate of drug-likeness (QED) is 0.903. The number of aromatic nitrogens is 1. The van der Waals surface area contributed by atoms with Crippen molar-refractivity contribution < 1.29 is 14.1 Å². The van der Waals surface area contributed by atoms with E-state index < -0.39 is 0 Å². The molecule has 2 aromatic rings. The monoisotopic (exact) mass is 246 g/mol. The van der Waals surface area contributed by atoms with Crippen molar-refractivity contribution in [2.24, 2.45) is 0 Å². The number of anilines is 1. The van der Waals surface area contributed by atoms with Crippen molar-refractivity contribution in [1.82, 2.24) is 5.16 Å². The summed E-state index contributed by atoms with van der Waals surface area (Å²) in [6.45, 7) is 3.56. The number of hydrogen-bond acceptors (Lipinski definition) is 4. The topological polar surface area (TPSA) is 64.4 Å². The molecule has 0 fully saturated rings. The smallest absolute Gasteiger partial charge is 0.278 e. The lowest BCUT2D eigenvalue weighted by atomic mass is 10.2. The molecule has 0 saturated heterocycles. The van der Waals surface area contributed by atoms with E-state index >= 15 is 0 Å². The summed E-state index contributed by atoms with van der Waals surface area (Å²) in [4.78, 5) is 12.0. The van der Waals surface area contributed by atoms with E-state index in [4.69, 9.17) is 9.26 Å². The summed E-state index contributed by atoms with van der Waals surface area (Å²) in [7, 11) is 1.55. The maximum atomic E-state index is 12.0. The number of hydrogen-bond donors (Lipinski definition) is 1. The maximum absolute atomic E-state index is 12.0. The van der Waals surface area contributed by atoms with Crippen LogP contribution in [0.25, 0.3) is 0 Å². The number of carbonyl (C=O) groups is 1. The highest BCUT2D eigenvalue weighted by molar-refractivity contribution is 6.04. The van der Waals surface area contributed by atoms with Gasteiger partial charge in [0.05, 0.1) is 12.8 Å². The van der Waals surface area contributed by atoms with Crippen LogP contribution in [0.15, 0.2) is 28.8 Å². The molecule has 1 aromatic heterocycles. The van der Waals surface area contributed by atoms with Crippen LogP contribution in [-0.2, 0) is 0 Å². The van der Waals surface area contributed by atoms with Crippen LogP contribution in [0.4, 0.5) is 5.69 Å².